The van der Waals surface area contributed by atoms with Gasteiger partial charge in [0, 0.05) is 0 Å². The molecule has 0 radical (unpaired) electrons. The summed E-state index contributed by atoms with van der Waals surface area (Å²) in [5.74, 6) is 0. The van der Waals surface area contributed by atoms with Gasteiger partial charge in [0.05, 0.1) is 0 Å². The fraction of sp³-hybridized carbons (Fsp3) is 0.0625. The van der Waals surface area contributed by atoms with Gasteiger partial charge in [0.1, 0.15) is 0 Å². The molecule has 0 nitrogen and oxygen atoms in total. The molecule has 0 spiro atoms. The Balaban J connectivity index is 0.000000164. The van der Waals surface area contributed by atoms with Crippen LogP contribution in [0.1, 0.15) is 0 Å². The van der Waals surface area contributed by atoms with Gasteiger partial charge in [-0.05, 0) is 0 Å². The van der Waals surface area contributed by atoms with E-state index in [4.69, 9.17) is 0 Å². The number of hydrogen-bond acceptors (Lipinski definition) is 0. The Bertz CT molecular complexity index is 2830. The minimum Gasteiger partial charge on any atom is -1.00 e. The quantitative estimate of drug-likeness (QED) is 0.122. The van der Waals surface area contributed by atoms with Crippen molar-refractivity contribution < 1.29 is 63.2 Å². The molecule has 0 aliphatic rings. The molecule has 0 aliphatic heterocycles. The van der Waals surface area contributed by atoms with Crippen molar-refractivity contribution in [1.82, 2.24) is 0 Å². The van der Waals surface area contributed by atoms with E-state index in [9.17, 15) is 0 Å². The van der Waals surface area contributed by atoms with Crippen LogP contribution in [0.3, 0.4) is 0 Å². The Morgan fingerprint density at radius 2 is 0.414 bits per heavy atom. The van der Waals surface area contributed by atoms with Crippen molar-refractivity contribution >= 4 is 55.5 Å². The summed E-state index contributed by atoms with van der Waals surface area (Å²) in [7, 11) is 0. The Labute approximate surface area is 452 Å². The zero-order valence-electron chi connectivity index (χ0n) is 40.2. The van der Waals surface area contributed by atoms with Gasteiger partial charge < -0.3 is 24.8 Å². The molecule has 0 N–H and O–H groups in total. The first kappa shape index (κ1) is 55.6. The van der Waals surface area contributed by atoms with E-state index in [-0.39, 0.29) is 37.2 Å². The van der Waals surface area contributed by atoms with Gasteiger partial charge in [-0.25, -0.2) is 0 Å². The number of benzene rings is 8. The van der Waals surface area contributed by atoms with Gasteiger partial charge >= 0.3 is 76.9 Å². The maximum absolute atomic E-state index is 2.27. The summed E-state index contributed by atoms with van der Waals surface area (Å²) in [6, 6.07) is 93.8. The minimum absolute atomic E-state index is 0. The number of halogens is 2. The van der Waals surface area contributed by atoms with Gasteiger partial charge in [0.25, 0.3) is 0 Å². The summed E-state index contributed by atoms with van der Waals surface area (Å²) < 4.78 is 0. The van der Waals surface area contributed by atoms with Crippen LogP contribution >= 0.6 is 0 Å². The molecule has 0 fully saturated rings. The molecule has 0 bridgehead atoms. The van der Waals surface area contributed by atoms with Crippen molar-refractivity contribution in [1.29, 1.82) is 0 Å². The van der Waals surface area contributed by atoms with Crippen molar-refractivity contribution in [3.05, 3.63) is 267 Å². The Hall–Kier alpha value is -5.36. The van der Waals surface area contributed by atoms with E-state index in [0.29, 0.717) is 0 Å². The first-order chi connectivity index (χ1) is 33.2. The summed E-state index contributed by atoms with van der Waals surface area (Å²) in [6.45, 7) is 9.07. The smallest absolute Gasteiger partial charge is 0.0635 e. The summed E-state index contributed by atoms with van der Waals surface area (Å²) >= 11 is 4.54. The van der Waals surface area contributed by atoms with Crippen LogP contribution in [0.5, 0.6) is 0 Å². The Morgan fingerprint density at radius 3 is 0.586 bits per heavy atom. The van der Waals surface area contributed by atoms with Crippen molar-refractivity contribution in [3.8, 4) is 44.5 Å². The van der Waals surface area contributed by atoms with Crippen LogP contribution in [0, 0.1) is 0 Å². The molecule has 0 aromatic heterocycles. The predicted molar refractivity (Wildman–Crippen MR) is 295 cm³/mol. The van der Waals surface area contributed by atoms with E-state index < -0.39 is 0 Å². The normalized spacial score (nSPS) is 9.94. The van der Waals surface area contributed by atoms with Crippen molar-refractivity contribution in [3.63, 3.8) is 0 Å². The second kappa shape index (κ2) is 29.1. The van der Waals surface area contributed by atoms with E-state index in [0.717, 1.165) is 0 Å². The molecule has 0 atom stereocenters. The monoisotopic (exact) mass is 1050 g/mol. The van der Waals surface area contributed by atoms with Gasteiger partial charge in [0.2, 0.25) is 0 Å². The largest absolute Gasteiger partial charge is 1.00 e. The van der Waals surface area contributed by atoms with E-state index in [2.05, 4.69) is 307 Å². The van der Waals surface area contributed by atoms with Gasteiger partial charge in [-0.1, -0.05) is 216 Å². The third-order valence-corrected chi connectivity index (χ3v) is 10.9. The first-order valence-corrected chi connectivity index (χ1v) is 32.8. The third kappa shape index (κ3) is 16.9. The van der Waals surface area contributed by atoms with Crippen LogP contribution in [-0.2, 0) is 38.3 Å². The summed E-state index contributed by atoms with van der Waals surface area (Å²) in [4.78, 5) is 0. The van der Waals surface area contributed by atoms with Gasteiger partial charge in [-0.15, -0.1) is 138 Å². The molecule has 12 rings (SSSR count). The molecular formula is C64H56Cl2Si2Ti2-2. The second-order valence-corrected chi connectivity index (χ2v) is 30.3. The molecule has 344 valence electrons. The van der Waals surface area contributed by atoms with E-state index >= 15 is 0 Å². The number of rotatable bonds is 4. The molecule has 0 saturated carbocycles. The summed E-state index contributed by atoms with van der Waals surface area (Å²) in [5, 5.41) is 10.5. The molecule has 0 heterocycles. The average Bonchev–Trinajstić information content (AvgIpc) is 4.20. The molecule has 0 amide bonds. The standard InChI is InChI=1S/4C15H11.2C2H6Si.2ClH.2Ti/c4*1-2-6-12(7-3-1)15-10-13-8-4-5-9-14(13)11-15;2*1-3-2;;;;/h4*1-11H;2*1-2H3;2*1H;;/q4*-1;;;;;2*+2/p-2. The molecule has 12 aromatic carbocycles. The third-order valence-electron chi connectivity index (χ3n) is 10.9. The van der Waals surface area contributed by atoms with E-state index in [1.165, 1.54) is 87.6 Å². The molecule has 0 aliphatic carbocycles. The zero-order valence-corrected chi connectivity index (χ0v) is 46.8. The summed E-state index contributed by atoms with van der Waals surface area (Å²) in [6.07, 6.45) is 0.241. The van der Waals surface area contributed by atoms with Crippen LogP contribution in [0.2, 0.25) is 26.2 Å². The number of hydrogen-bond donors (Lipinski definition) is 0. The molecule has 70 heavy (non-hydrogen) atoms. The molecular weight excluding hydrogens is 992 g/mol. The van der Waals surface area contributed by atoms with E-state index in [1.54, 1.807) is 0 Å². The topological polar surface area (TPSA) is 0 Å². The first-order valence-electron chi connectivity index (χ1n) is 23.1. The maximum atomic E-state index is 2.27. The molecule has 12 aromatic rings. The van der Waals surface area contributed by atoms with Crippen molar-refractivity contribution in [2.75, 3.05) is 0 Å². The predicted octanol–water partition coefficient (Wildman–Crippen LogP) is 12.5. The van der Waals surface area contributed by atoms with Crippen molar-refractivity contribution in [2.24, 2.45) is 0 Å². The van der Waals surface area contributed by atoms with Crippen LogP contribution in [-0.4, -0.2) is 12.4 Å². The number of fused-ring (bicyclic) bond motifs is 4. The summed E-state index contributed by atoms with van der Waals surface area (Å²) in [5.41, 5.74) is 10.4. The van der Waals surface area contributed by atoms with Gasteiger partial charge in [-0.3, -0.25) is 0 Å². The molecule has 6 heteroatoms. The zero-order chi connectivity index (χ0) is 47.5. The SMILES string of the molecule is C[Si](C)=[Ti+2].C[Si](C)=[Ti+2].[Cl-].[Cl-].c1ccc(-c2cc3ccccc3[cH-]2)cc1.c1ccc(-c2cc3ccccc3[cH-]2)cc1.c1ccc(-c2cc3ccccc3[cH-]2)cc1.c1ccc(-c2cc3ccccc3[cH-]2)cc1. The van der Waals surface area contributed by atoms with Crippen LogP contribution in [0.25, 0.3) is 87.6 Å². The van der Waals surface area contributed by atoms with Crippen LogP contribution < -0.4 is 24.8 Å². The Morgan fingerprint density at radius 1 is 0.257 bits per heavy atom. The fourth-order valence-corrected chi connectivity index (χ4v) is 7.79. The van der Waals surface area contributed by atoms with Crippen molar-refractivity contribution in [2.45, 2.75) is 26.2 Å². The maximum Gasteiger partial charge on any atom is -0.0635 e. The minimum atomic E-state index is 0. The van der Waals surface area contributed by atoms with E-state index in [1.807, 2.05) is 24.3 Å². The van der Waals surface area contributed by atoms with Crippen LogP contribution in [0.15, 0.2) is 267 Å². The van der Waals surface area contributed by atoms with Gasteiger partial charge in [-0.2, -0.15) is 0 Å². The Kier molecular flexibility index (Phi) is 23.1. The van der Waals surface area contributed by atoms with Crippen LogP contribution in [0.4, 0.5) is 0 Å². The fourth-order valence-electron chi connectivity index (χ4n) is 7.79. The second-order valence-electron chi connectivity index (χ2n) is 17.0. The van der Waals surface area contributed by atoms with Gasteiger partial charge in [0.15, 0.2) is 0 Å². The average molecular weight is 1050 g/mol. The molecule has 0 saturated heterocycles. The molecule has 0 unspecified atom stereocenters.